The number of fused-ring (bicyclic) bond motifs is 2. The van der Waals surface area contributed by atoms with Crippen molar-refractivity contribution in [2.24, 2.45) is 22.9 Å². The van der Waals surface area contributed by atoms with Gasteiger partial charge in [-0.1, -0.05) is 143 Å². The van der Waals surface area contributed by atoms with Crippen molar-refractivity contribution in [3.8, 4) is 28.4 Å². The van der Waals surface area contributed by atoms with Crippen LogP contribution < -0.4 is 9.47 Å². The van der Waals surface area contributed by atoms with Crippen LogP contribution in [0.15, 0.2) is 127 Å². The summed E-state index contributed by atoms with van der Waals surface area (Å²) in [6.45, 7) is 6.90. The highest BCUT2D eigenvalue weighted by Crippen LogP contribution is 2.62. The highest BCUT2D eigenvalue weighted by Gasteiger charge is 2.65. The normalized spacial score (nSPS) is 22.0. The molecule has 1 aliphatic heterocycles. The minimum Gasteiger partial charge on any atom is -0.459 e. The number of halogens is 1. The molecule has 1 heterocycles. The third-order valence-electron chi connectivity index (χ3n) is 14.5. The van der Waals surface area contributed by atoms with Gasteiger partial charge in [-0.25, -0.2) is 4.39 Å². The van der Waals surface area contributed by atoms with Crippen LogP contribution in [0, 0.1) is 23.6 Å². The number of aliphatic hydroxyl groups excluding tert-OH is 2. The van der Waals surface area contributed by atoms with Crippen LogP contribution in [-0.2, 0) is 20.9 Å². The lowest BCUT2D eigenvalue weighted by molar-refractivity contribution is -0.258. The Bertz CT molecular complexity index is 2280. The quantitative estimate of drug-likeness (QED) is 0.0331. The Morgan fingerprint density at radius 3 is 2.17 bits per heavy atom. The maximum atomic E-state index is 15.1. The first-order valence-corrected chi connectivity index (χ1v) is 25.8. The van der Waals surface area contributed by atoms with Crippen LogP contribution >= 0.6 is 0 Å². The summed E-state index contributed by atoms with van der Waals surface area (Å²) in [4.78, 5) is 22.7. The zero-order valence-electron chi connectivity index (χ0n) is 41.0. The van der Waals surface area contributed by atoms with Crippen molar-refractivity contribution < 1.29 is 38.4 Å². The number of benzene rings is 4. The van der Waals surface area contributed by atoms with Crippen molar-refractivity contribution >= 4 is 11.6 Å². The van der Waals surface area contributed by atoms with Crippen LogP contribution in [0.2, 0.25) is 0 Å². The second kappa shape index (κ2) is 26.1. The molecule has 370 valence electrons. The van der Waals surface area contributed by atoms with E-state index >= 15 is 4.79 Å². The Balaban J connectivity index is 1.32. The fourth-order valence-corrected chi connectivity index (χ4v) is 11.2. The molecule has 0 bridgehead atoms. The number of amides is 1. The number of allylic oxidation sites excluding steroid dienone is 1. The Hall–Kier alpha value is -5.29. The molecular formula is C59H75FN2O7. The molecule has 0 aromatic heterocycles. The van der Waals surface area contributed by atoms with E-state index in [1.54, 1.807) is 25.3 Å². The van der Waals surface area contributed by atoms with Gasteiger partial charge in [0.1, 0.15) is 36.2 Å². The lowest BCUT2D eigenvalue weighted by atomic mass is 9.55. The first-order valence-electron chi connectivity index (χ1n) is 25.8. The summed E-state index contributed by atoms with van der Waals surface area (Å²) in [5.74, 6) is -0.259. The second-order valence-corrected chi connectivity index (χ2v) is 19.2. The maximum Gasteiger partial charge on any atom is 0.239 e. The average molecular weight is 943 g/mol. The number of hydrogen-bond acceptors (Lipinski definition) is 8. The number of unbranched alkanes of at least 4 members (excludes halogenated alkanes) is 10. The van der Waals surface area contributed by atoms with E-state index in [0.717, 1.165) is 84.9 Å². The highest BCUT2D eigenvalue weighted by atomic mass is 19.1. The molecule has 0 unspecified atom stereocenters. The standard InChI is InChI=1S/C59H75FN2O7/c1-4-6-7-8-9-10-11-12-16-25-56(65)62(42-43-26-30-47(60)31-27-43)55-41-53(61-66-3)51-39-46(23-17-19-36-63)50(24-18-20-37-64)57-52-40-49(34-35-54(52)69-59(55,58(51)57)67-38-5-2)68-48-32-28-45(29-33-48)44-21-14-13-15-22-44/h5,13-15,21-22,26-35,39-40,46,50,55,57-58,63-64H,2,4,6-12,16-20,23-25,36-38,41-42H2,1,3H3/t46-,50+,55-,57+,58+,59+/m0/s1. The summed E-state index contributed by atoms with van der Waals surface area (Å²) in [6, 6.07) is 30.1. The summed E-state index contributed by atoms with van der Waals surface area (Å²) in [5.41, 5.74) is 5.69. The number of ether oxygens (including phenoxy) is 3. The summed E-state index contributed by atoms with van der Waals surface area (Å²) in [5, 5.41) is 24.8. The number of oxime groups is 1. The zero-order chi connectivity index (χ0) is 48.4. The molecule has 4 aromatic carbocycles. The van der Waals surface area contributed by atoms with Gasteiger partial charge in [0.05, 0.1) is 18.2 Å². The van der Waals surface area contributed by atoms with Gasteiger partial charge in [-0.2, -0.15) is 0 Å². The minimum absolute atomic E-state index is 0.0248. The SMILES string of the molecule is C=CCO[C@@]12Oc3ccc(Oc4ccc(-c5ccccc5)cc4)cc3[C@H]3[C@H](CCCCO)[C@@H](CCCCO)C=C(C(=NOC)C[C@@H]1N(Cc1ccc(F)cc1)C(=O)CCCCCCCCCCC)[C@H]32. The predicted octanol–water partition coefficient (Wildman–Crippen LogP) is 13.5. The molecule has 0 spiro atoms. The van der Waals surface area contributed by atoms with Gasteiger partial charge in [-0.05, 0) is 109 Å². The van der Waals surface area contributed by atoms with E-state index in [0.29, 0.717) is 42.9 Å². The summed E-state index contributed by atoms with van der Waals surface area (Å²) >= 11 is 0. The van der Waals surface area contributed by atoms with Crippen LogP contribution in [0.4, 0.5) is 4.39 Å². The molecule has 3 aliphatic rings. The van der Waals surface area contributed by atoms with E-state index in [-0.39, 0.29) is 55.8 Å². The van der Waals surface area contributed by atoms with Gasteiger partial charge in [-0.15, -0.1) is 6.58 Å². The maximum absolute atomic E-state index is 15.1. The van der Waals surface area contributed by atoms with Gasteiger partial charge < -0.3 is 34.2 Å². The molecule has 2 N–H and O–H groups in total. The Morgan fingerprint density at radius 1 is 0.826 bits per heavy atom. The van der Waals surface area contributed by atoms with Crippen molar-refractivity contribution in [2.75, 3.05) is 26.9 Å². The van der Waals surface area contributed by atoms with E-state index in [4.69, 9.17) is 24.2 Å². The molecule has 0 saturated heterocycles. The smallest absolute Gasteiger partial charge is 0.239 e. The van der Waals surface area contributed by atoms with Crippen LogP contribution in [-0.4, -0.2) is 65.5 Å². The van der Waals surface area contributed by atoms with Gasteiger partial charge in [0.25, 0.3) is 0 Å². The molecule has 6 atom stereocenters. The molecule has 1 fully saturated rings. The first kappa shape index (κ1) is 51.6. The number of nitrogens with zero attached hydrogens (tertiary/aromatic N) is 2. The number of rotatable bonds is 28. The number of hydrogen-bond donors (Lipinski definition) is 2. The molecule has 1 saturated carbocycles. The third-order valence-corrected chi connectivity index (χ3v) is 14.5. The van der Waals surface area contributed by atoms with Gasteiger partial charge >= 0.3 is 0 Å². The van der Waals surface area contributed by atoms with Crippen LogP contribution in [0.1, 0.15) is 133 Å². The zero-order valence-corrected chi connectivity index (χ0v) is 41.0. The first-order chi connectivity index (χ1) is 33.8. The lowest BCUT2D eigenvalue weighted by Crippen LogP contribution is -2.70. The fourth-order valence-electron chi connectivity index (χ4n) is 11.2. The predicted molar refractivity (Wildman–Crippen MR) is 273 cm³/mol. The topological polar surface area (TPSA) is 110 Å². The number of carbonyl (C=O) groups is 1. The van der Waals surface area contributed by atoms with Gasteiger partial charge in [-0.3, -0.25) is 4.79 Å². The van der Waals surface area contributed by atoms with Crippen molar-refractivity contribution in [3.05, 3.63) is 138 Å². The van der Waals surface area contributed by atoms with Crippen molar-refractivity contribution in [1.82, 2.24) is 4.90 Å². The van der Waals surface area contributed by atoms with Crippen LogP contribution in [0.3, 0.4) is 0 Å². The monoisotopic (exact) mass is 943 g/mol. The van der Waals surface area contributed by atoms with Crippen molar-refractivity contribution in [2.45, 2.75) is 140 Å². The molecule has 7 rings (SSSR count). The van der Waals surface area contributed by atoms with Crippen molar-refractivity contribution in [3.63, 3.8) is 0 Å². The number of aliphatic hydroxyl groups is 2. The molecule has 69 heavy (non-hydrogen) atoms. The molecule has 9 nitrogen and oxygen atoms in total. The van der Waals surface area contributed by atoms with E-state index in [1.165, 1.54) is 44.2 Å². The second-order valence-electron chi connectivity index (χ2n) is 19.2. The molecule has 10 heteroatoms. The largest absolute Gasteiger partial charge is 0.459 e. The Morgan fingerprint density at radius 2 is 1.49 bits per heavy atom. The molecule has 2 aliphatic carbocycles. The molecule has 4 aromatic rings. The fraction of sp³-hybridized carbons (Fsp3) is 0.492. The van der Waals surface area contributed by atoms with Crippen LogP contribution in [0.5, 0.6) is 17.2 Å². The average Bonchev–Trinajstić information content (AvgIpc) is 3.37. The molecular weight excluding hydrogens is 868 g/mol. The van der Waals surface area contributed by atoms with Gasteiger partial charge in [0, 0.05) is 44.1 Å². The van der Waals surface area contributed by atoms with E-state index in [2.05, 4.69) is 49.9 Å². The summed E-state index contributed by atoms with van der Waals surface area (Å²) in [7, 11) is 1.56. The van der Waals surface area contributed by atoms with E-state index in [1.807, 2.05) is 47.4 Å². The Labute approximate surface area is 410 Å². The van der Waals surface area contributed by atoms with E-state index < -0.39 is 17.7 Å². The lowest BCUT2D eigenvalue weighted by Gasteiger charge is -2.60. The van der Waals surface area contributed by atoms with Gasteiger partial charge in [0.2, 0.25) is 11.7 Å². The summed E-state index contributed by atoms with van der Waals surface area (Å²) < 4.78 is 35.7. The minimum atomic E-state index is -1.40. The molecule has 1 amide bonds. The molecule has 0 radical (unpaired) electrons. The van der Waals surface area contributed by atoms with Gasteiger partial charge in [0.15, 0.2) is 0 Å². The Kier molecular flexibility index (Phi) is 19.5. The van der Waals surface area contributed by atoms with E-state index in [9.17, 15) is 14.6 Å². The summed E-state index contributed by atoms with van der Waals surface area (Å²) in [6.07, 6.45) is 19.6. The third kappa shape index (κ3) is 12.9. The van der Waals surface area contributed by atoms with Crippen LogP contribution in [0.25, 0.3) is 11.1 Å². The number of carbonyl (C=O) groups excluding carboxylic acids is 1. The highest BCUT2D eigenvalue weighted by molar-refractivity contribution is 6.03. The van der Waals surface area contributed by atoms with Crippen molar-refractivity contribution in [1.29, 1.82) is 0 Å².